The SMILES string of the molecule is C/C(=N/NC(=S)NC(C)C)[C@H](c1ccccc1)N1CCOCC1. The molecule has 0 aliphatic carbocycles. The van der Waals surface area contributed by atoms with Crippen LogP contribution in [0.3, 0.4) is 0 Å². The average molecular weight is 334 g/mol. The minimum atomic E-state index is 0.134. The summed E-state index contributed by atoms with van der Waals surface area (Å²) in [6.07, 6.45) is 0. The number of benzene rings is 1. The number of rotatable bonds is 5. The van der Waals surface area contributed by atoms with Gasteiger partial charge in [0.25, 0.3) is 0 Å². The molecule has 1 aliphatic heterocycles. The van der Waals surface area contributed by atoms with Gasteiger partial charge in [0.15, 0.2) is 5.11 Å². The molecule has 0 bridgehead atoms. The van der Waals surface area contributed by atoms with Crippen LogP contribution in [0.2, 0.25) is 0 Å². The average Bonchev–Trinajstić information content (AvgIpc) is 2.55. The van der Waals surface area contributed by atoms with Crippen molar-refractivity contribution < 1.29 is 4.74 Å². The van der Waals surface area contributed by atoms with E-state index >= 15 is 0 Å². The number of morpholine rings is 1. The largest absolute Gasteiger partial charge is 0.379 e. The highest BCUT2D eigenvalue weighted by Crippen LogP contribution is 2.23. The Bertz CT molecular complexity index is 527. The van der Waals surface area contributed by atoms with Crippen LogP contribution in [-0.2, 0) is 4.74 Å². The van der Waals surface area contributed by atoms with E-state index in [0.29, 0.717) is 5.11 Å². The van der Waals surface area contributed by atoms with Gasteiger partial charge in [0.2, 0.25) is 0 Å². The van der Waals surface area contributed by atoms with E-state index in [9.17, 15) is 0 Å². The third-order valence-corrected chi connectivity index (χ3v) is 3.88. The lowest BCUT2D eigenvalue weighted by Gasteiger charge is -2.34. The molecule has 2 N–H and O–H groups in total. The van der Waals surface area contributed by atoms with Crippen LogP contribution in [0.15, 0.2) is 35.4 Å². The number of hydrogen-bond acceptors (Lipinski definition) is 4. The summed E-state index contributed by atoms with van der Waals surface area (Å²) in [7, 11) is 0. The molecule has 0 saturated carbocycles. The first-order chi connectivity index (χ1) is 11.1. The lowest BCUT2D eigenvalue weighted by Crippen LogP contribution is -2.42. The Morgan fingerprint density at radius 1 is 1.22 bits per heavy atom. The number of thiocarbonyl (C=S) groups is 1. The molecule has 0 amide bonds. The van der Waals surface area contributed by atoms with Crippen molar-refractivity contribution in [1.29, 1.82) is 0 Å². The molecule has 1 atom stereocenters. The van der Waals surface area contributed by atoms with Crippen LogP contribution < -0.4 is 10.7 Å². The second kappa shape index (κ2) is 8.96. The summed E-state index contributed by atoms with van der Waals surface area (Å²) in [6.45, 7) is 9.46. The summed E-state index contributed by atoms with van der Waals surface area (Å²) >= 11 is 5.25. The molecule has 1 heterocycles. The van der Waals surface area contributed by atoms with Crippen LogP contribution >= 0.6 is 12.2 Å². The Hall–Kier alpha value is -1.50. The van der Waals surface area contributed by atoms with Gasteiger partial charge in [-0.05, 0) is 38.6 Å². The summed E-state index contributed by atoms with van der Waals surface area (Å²) in [4.78, 5) is 2.40. The minimum absolute atomic E-state index is 0.134. The van der Waals surface area contributed by atoms with E-state index in [0.717, 1.165) is 32.0 Å². The van der Waals surface area contributed by atoms with Gasteiger partial charge in [0.05, 0.1) is 25.0 Å². The maximum absolute atomic E-state index is 5.48. The van der Waals surface area contributed by atoms with E-state index < -0.39 is 0 Å². The van der Waals surface area contributed by atoms with Gasteiger partial charge >= 0.3 is 0 Å². The minimum Gasteiger partial charge on any atom is -0.379 e. The number of ether oxygens (including phenoxy) is 1. The molecule has 6 heteroatoms. The molecular formula is C17H26N4OS. The second-order valence-electron chi connectivity index (χ2n) is 5.95. The van der Waals surface area contributed by atoms with Gasteiger partial charge in [-0.25, -0.2) is 0 Å². The van der Waals surface area contributed by atoms with Crippen LogP contribution in [0, 0.1) is 0 Å². The number of nitrogens with one attached hydrogen (secondary N) is 2. The van der Waals surface area contributed by atoms with Gasteiger partial charge in [0, 0.05) is 19.1 Å². The van der Waals surface area contributed by atoms with E-state index in [1.807, 2.05) is 26.8 Å². The molecule has 1 saturated heterocycles. The monoisotopic (exact) mass is 334 g/mol. The van der Waals surface area contributed by atoms with Gasteiger partial charge in [-0.2, -0.15) is 5.10 Å². The van der Waals surface area contributed by atoms with Gasteiger partial charge in [-0.15, -0.1) is 0 Å². The molecule has 23 heavy (non-hydrogen) atoms. The lowest BCUT2D eigenvalue weighted by atomic mass is 10.0. The zero-order chi connectivity index (χ0) is 16.7. The van der Waals surface area contributed by atoms with Crippen molar-refractivity contribution in [2.75, 3.05) is 26.3 Å². The lowest BCUT2D eigenvalue weighted by molar-refractivity contribution is 0.0285. The quantitative estimate of drug-likeness (QED) is 0.492. The topological polar surface area (TPSA) is 48.9 Å². The normalized spacial score (nSPS) is 17.8. The molecule has 1 aromatic carbocycles. The summed E-state index contributed by atoms with van der Waals surface area (Å²) < 4.78 is 5.48. The molecular weight excluding hydrogens is 308 g/mol. The fourth-order valence-electron chi connectivity index (χ4n) is 2.68. The zero-order valence-corrected chi connectivity index (χ0v) is 14.9. The molecule has 1 aliphatic rings. The van der Waals surface area contributed by atoms with Crippen LogP contribution in [0.1, 0.15) is 32.4 Å². The fourth-order valence-corrected chi connectivity index (χ4v) is 2.96. The van der Waals surface area contributed by atoms with Crippen molar-refractivity contribution in [3.63, 3.8) is 0 Å². The molecule has 126 valence electrons. The highest BCUT2D eigenvalue weighted by atomic mass is 32.1. The van der Waals surface area contributed by atoms with Crippen molar-refractivity contribution in [3.05, 3.63) is 35.9 Å². The van der Waals surface area contributed by atoms with Crippen LogP contribution in [-0.4, -0.2) is 48.1 Å². The van der Waals surface area contributed by atoms with E-state index in [1.165, 1.54) is 5.56 Å². The zero-order valence-electron chi connectivity index (χ0n) is 14.1. The molecule has 1 fully saturated rings. The summed E-state index contributed by atoms with van der Waals surface area (Å²) in [6, 6.07) is 10.9. The Labute approximate surface area is 144 Å². The molecule has 5 nitrogen and oxygen atoms in total. The van der Waals surface area contributed by atoms with Gasteiger partial charge in [-0.1, -0.05) is 30.3 Å². The fraction of sp³-hybridized carbons (Fsp3) is 0.529. The third kappa shape index (κ3) is 5.57. The highest BCUT2D eigenvalue weighted by Gasteiger charge is 2.25. The van der Waals surface area contributed by atoms with Crippen LogP contribution in [0.4, 0.5) is 0 Å². The first-order valence-electron chi connectivity index (χ1n) is 8.05. The van der Waals surface area contributed by atoms with E-state index in [-0.39, 0.29) is 12.1 Å². The maximum atomic E-state index is 5.48. The van der Waals surface area contributed by atoms with Gasteiger partial charge in [-0.3, -0.25) is 10.3 Å². The number of nitrogens with zero attached hydrogens (tertiary/aromatic N) is 2. The predicted molar refractivity (Wildman–Crippen MR) is 98.7 cm³/mol. The molecule has 0 aromatic heterocycles. The molecule has 1 aromatic rings. The Balaban J connectivity index is 2.14. The van der Waals surface area contributed by atoms with Gasteiger partial charge < -0.3 is 10.1 Å². The van der Waals surface area contributed by atoms with E-state index in [2.05, 4.69) is 45.0 Å². The Morgan fingerprint density at radius 2 is 1.87 bits per heavy atom. The van der Waals surface area contributed by atoms with Crippen LogP contribution in [0.5, 0.6) is 0 Å². The van der Waals surface area contributed by atoms with Crippen molar-refractivity contribution in [1.82, 2.24) is 15.6 Å². The summed E-state index contributed by atoms with van der Waals surface area (Å²) in [5.74, 6) is 0. The van der Waals surface area contributed by atoms with Crippen LogP contribution in [0.25, 0.3) is 0 Å². The number of hydrazone groups is 1. The Kier molecular flexibility index (Phi) is 6.95. The first kappa shape index (κ1) is 17.8. The van der Waals surface area contributed by atoms with E-state index in [4.69, 9.17) is 17.0 Å². The van der Waals surface area contributed by atoms with Gasteiger partial charge in [0.1, 0.15) is 0 Å². The summed E-state index contributed by atoms with van der Waals surface area (Å²) in [5.41, 5.74) is 5.18. The summed E-state index contributed by atoms with van der Waals surface area (Å²) in [5, 5.41) is 8.19. The predicted octanol–water partition coefficient (Wildman–Crippen LogP) is 2.31. The molecule has 0 unspecified atom stereocenters. The highest BCUT2D eigenvalue weighted by molar-refractivity contribution is 7.80. The van der Waals surface area contributed by atoms with Crippen molar-refractivity contribution in [3.8, 4) is 0 Å². The first-order valence-corrected chi connectivity index (χ1v) is 8.46. The molecule has 0 radical (unpaired) electrons. The smallest absolute Gasteiger partial charge is 0.187 e. The van der Waals surface area contributed by atoms with Crippen molar-refractivity contribution in [2.24, 2.45) is 5.10 Å². The number of hydrogen-bond donors (Lipinski definition) is 2. The molecule has 0 spiro atoms. The standard InChI is InChI=1S/C17H26N4OS/c1-13(2)18-17(23)20-19-14(3)16(15-7-5-4-6-8-15)21-9-11-22-12-10-21/h4-8,13,16H,9-12H2,1-3H3,(H2,18,20,23)/b19-14-/t16-/m1/s1. The third-order valence-electron chi connectivity index (χ3n) is 3.68. The maximum Gasteiger partial charge on any atom is 0.187 e. The Morgan fingerprint density at radius 3 is 2.48 bits per heavy atom. The molecule has 2 rings (SSSR count). The second-order valence-corrected chi connectivity index (χ2v) is 6.36. The van der Waals surface area contributed by atoms with E-state index in [1.54, 1.807) is 0 Å². The van der Waals surface area contributed by atoms with Crippen molar-refractivity contribution in [2.45, 2.75) is 32.9 Å². The van der Waals surface area contributed by atoms with Crippen molar-refractivity contribution >= 4 is 23.0 Å².